The van der Waals surface area contributed by atoms with Gasteiger partial charge in [-0.25, -0.2) is 9.59 Å². The molecule has 0 aliphatic heterocycles. The van der Waals surface area contributed by atoms with Gasteiger partial charge in [-0.3, -0.25) is 0 Å². The molecule has 4 rings (SSSR count). The molecule has 0 saturated heterocycles. The Morgan fingerprint density at radius 3 is 2.52 bits per heavy atom. The lowest BCUT2D eigenvalue weighted by Crippen LogP contribution is -2.06. The zero-order chi connectivity index (χ0) is 17.6. The maximum Gasteiger partial charge on any atom is 0.344 e. The summed E-state index contributed by atoms with van der Waals surface area (Å²) in [6.07, 6.45) is 0. The van der Waals surface area contributed by atoms with Gasteiger partial charge in [-0.2, -0.15) is 0 Å². The van der Waals surface area contributed by atoms with E-state index in [-0.39, 0.29) is 10.9 Å². The van der Waals surface area contributed by atoms with Crippen LogP contribution in [0.4, 0.5) is 0 Å². The molecule has 0 spiro atoms. The van der Waals surface area contributed by atoms with Crippen molar-refractivity contribution in [3.05, 3.63) is 64.5 Å². The molecule has 0 atom stereocenters. The van der Waals surface area contributed by atoms with Gasteiger partial charge in [0.05, 0.1) is 25.2 Å². The highest BCUT2D eigenvalue weighted by Gasteiger charge is 2.18. The Kier molecular flexibility index (Phi) is 3.42. The number of carbonyl (C=O) groups is 1. The third-order valence-electron chi connectivity index (χ3n) is 4.31. The molecule has 0 saturated carbocycles. The van der Waals surface area contributed by atoms with Crippen LogP contribution in [-0.4, -0.2) is 20.2 Å². The highest BCUT2D eigenvalue weighted by Crippen LogP contribution is 2.35. The van der Waals surface area contributed by atoms with Crippen molar-refractivity contribution in [1.82, 2.24) is 0 Å². The van der Waals surface area contributed by atoms with E-state index in [1.165, 1.54) is 20.3 Å². The number of carbonyl (C=O) groups excluding carboxylic acids is 1. The van der Waals surface area contributed by atoms with Crippen molar-refractivity contribution in [2.75, 3.05) is 14.2 Å². The van der Waals surface area contributed by atoms with Gasteiger partial charge in [0.1, 0.15) is 11.3 Å². The first-order chi connectivity index (χ1) is 12.1. The number of hydrogen-bond donors (Lipinski definition) is 0. The average Bonchev–Trinajstić information content (AvgIpc) is 2.66. The second-order valence-corrected chi connectivity index (χ2v) is 5.65. The number of fused-ring (bicyclic) bond motifs is 5. The first kappa shape index (κ1) is 15.2. The maximum absolute atomic E-state index is 12.6. The van der Waals surface area contributed by atoms with Gasteiger partial charge in [0.25, 0.3) is 0 Å². The third kappa shape index (κ3) is 2.24. The van der Waals surface area contributed by atoms with Crippen molar-refractivity contribution in [2.24, 2.45) is 0 Å². The van der Waals surface area contributed by atoms with Gasteiger partial charge in [-0.15, -0.1) is 0 Å². The second kappa shape index (κ2) is 5.63. The van der Waals surface area contributed by atoms with E-state index >= 15 is 0 Å². The van der Waals surface area contributed by atoms with Crippen LogP contribution in [0.3, 0.4) is 0 Å². The molecule has 5 heteroatoms. The molecule has 0 aliphatic carbocycles. The Hall–Kier alpha value is -3.34. The second-order valence-electron chi connectivity index (χ2n) is 5.65. The Labute approximate surface area is 142 Å². The van der Waals surface area contributed by atoms with Crippen molar-refractivity contribution >= 4 is 38.5 Å². The lowest BCUT2D eigenvalue weighted by Gasteiger charge is -2.11. The van der Waals surface area contributed by atoms with Gasteiger partial charge in [-0.05, 0) is 23.6 Å². The van der Waals surface area contributed by atoms with E-state index in [4.69, 9.17) is 13.9 Å². The van der Waals surface area contributed by atoms with Gasteiger partial charge in [0.2, 0.25) is 0 Å². The summed E-state index contributed by atoms with van der Waals surface area (Å²) in [6, 6.07) is 14.6. The minimum Gasteiger partial charge on any atom is -0.496 e. The first-order valence-corrected chi connectivity index (χ1v) is 7.68. The Balaban J connectivity index is 2.22. The zero-order valence-electron chi connectivity index (χ0n) is 13.7. The molecule has 5 nitrogen and oxygen atoms in total. The van der Waals surface area contributed by atoms with E-state index in [0.29, 0.717) is 16.7 Å². The topological polar surface area (TPSA) is 65.7 Å². The van der Waals surface area contributed by atoms with E-state index in [9.17, 15) is 9.59 Å². The molecule has 1 heterocycles. The van der Waals surface area contributed by atoms with Crippen LogP contribution in [0.15, 0.2) is 57.7 Å². The average molecular weight is 334 g/mol. The summed E-state index contributed by atoms with van der Waals surface area (Å²) < 4.78 is 15.8. The molecule has 0 amide bonds. The Bertz CT molecular complexity index is 1200. The predicted molar refractivity (Wildman–Crippen MR) is 95.4 cm³/mol. The van der Waals surface area contributed by atoms with Gasteiger partial charge in [0.15, 0.2) is 0 Å². The molecular formula is C20H14O5. The fourth-order valence-electron chi connectivity index (χ4n) is 3.15. The smallest absolute Gasteiger partial charge is 0.344 e. The molecule has 4 aromatic rings. The minimum atomic E-state index is -0.543. The van der Waals surface area contributed by atoms with Gasteiger partial charge >= 0.3 is 11.6 Å². The molecule has 25 heavy (non-hydrogen) atoms. The summed E-state index contributed by atoms with van der Waals surface area (Å²) >= 11 is 0. The number of ether oxygens (including phenoxy) is 2. The van der Waals surface area contributed by atoms with Gasteiger partial charge in [0, 0.05) is 16.2 Å². The molecule has 124 valence electrons. The number of rotatable bonds is 2. The van der Waals surface area contributed by atoms with Crippen LogP contribution >= 0.6 is 0 Å². The highest BCUT2D eigenvalue weighted by molar-refractivity contribution is 6.16. The van der Waals surface area contributed by atoms with Crippen molar-refractivity contribution in [3.63, 3.8) is 0 Å². The lowest BCUT2D eigenvalue weighted by molar-refractivity contribution is 0.0600. The molecule has 1 aromatic heterocycles. The predicted octanol–water partition coefficient (Wildman–Crippen LogP) is 3.89. The van der Waals surface area contributed by atoms with Crippen molar-refractivity contribution in [1.29, 1.82) is 0 Å². The van der Waals surface area contributed by atoms with E-state index in [1.807, 2.05) is 36.4 Å². The fraction of sp³-hybridized carbons (Fsp3) is 0.100. The Morgan fingerprint density at radius 2 is 1.76 bits per heavy atom. The largest absolute Gasteiger partial charge is 0.496 e. The van der Waals surface area contributed by atoms with Gasteiger partial charge in [-0.1, -0.05) is 30.3 Å². The molecular weight excluding hydrogens is 320 g/mol. The normalized spacial score (nSPS) is 11.1. The number of hydrogen-bond acceptors (Lipinski definition) is 5. The SMILES string of the molecule is COC(=O)c1cc(OC)c2c(c1)c(=O)oc1c3ccccc3ccc12. The van der Waals surface area contributed by atoms with Crippen LogP contribution in [0, 0.1) is 0 Å². The van der Waals surface area contributed by atoms with E-state index in [2.05, 4.69) is 0 Å². The Morgan fingerprint density at radius 1 is 0.960 bits per heavy atom. The summed E-state index contributed by atoms with van der Waals surface area (Å²) in [5.41, 5.74) is 0.210. The highest BCUT2D eigenvalue weighted by atomic mass is 16.5. The fourth-order valence-corrected chi connectivity index (χ4v) is 3.15. The number of esters is 1. The monoisotopic (exact) mass is 334 g/mol. The van der Waals surface area contributed by atoms with Crippen molar-refractivity contribution in [2.45, 2.75) is 0 Å². The summed E-state index contributed by atoms with van der Waals surface area (Å²) in [5.74, 6) is -0.121. The van der Waals surface area contributed by atoms with Gasteiger partial charge < -0.3 is 13.9 Å². The van der Waals surface area contributed by atoms with E-state index in [1.54, 1.807) is 6.07 Å². The summed E-state index contributed by atoms with van der Waals surface area (Å²) in [4.78, 5) is 24.5. The number of benzene rings is 3. The molecule has 3 aromatic carbocycles. The molecule has 0 radical (unpaired) electrons. The summed E-state index contributed by atoms with van der Waals surface area (Å²) in [6.45, 7) is 0. The quantitative estimate of drug-likeness (QED) is 0.316. The van der Waals surface area contributed by atoms with Crippen LogP contribution < -0.4 is 10.4 Å². The molecule has 0 fully saturated rings. The first-order valence-electron chi connectivity index (χ1n) is 7.68. The molecule has 0 N–H and O–H groups in total. The van der Waals surface area contributed by atoms with E-state index in [0.717, 1.165) is 16.2 Å². The lowest BCUT2D eigenvalue weighted by atomic mass is 10.0. The minimum absolute atomic E-state index is 0.235. The van der Waals surface area contributed by atoms with Crippen LogP contribution in [0.2, 0.25) is 0 Å². The summed E-state index contributed by atoms with van der Waals surface area (Å²) in [7, 11) is 2.78. The molecule has 0 unspecified atom stereocenters. The maximum atomic E-state index is 12.6. The molecule has 0 aliphatic rings. The van der Waals surface area contributed by atoms with Crippen molar-refractivity contribution < 1.29 is 18.7 Å². The van der Waals surface area contributed by atoms with E-state index < -0.39 is 11.6 Å². The van der Waals surface area contributed by atoms with Crippen LogP contribution in [0.1, 0.15) is 10.4 Å². The standard InChI is InChI=1S/C20H14O5/c1-23-16-10-12(19(21)24-2)9-15-17(16)14-8-7-11-5-3-4-6-13(11)18(14)25-20(15)22/h3-10H,1-2H3. The zero-order valence-corrected chi connectivity index (χ0v) is 13.7. The van der Waals surface area contributed by atoms with Crippen LogP contribution in [-0.2, 0) is 4.74 Å². The molecule has 0 bridgehead atoms. The van der Waals surface area contributed by atoms with Crippen molar-refractivity contribution in [3.8, 4) is 5.75 Å². The van der Waals surface area contributed by atoms with Crippen LogP contribution in [0.25, 0.3) is 32.5 Å². The third-order valence-corrected chi connectivity index (χ3v) is 4.31. The number of methoxy groups -OCH3 is 2. The van der Waals surface area contributed by atoms with Crippen LogP contribution in [0.5, 0.6) is 5.75 Å². The summed E-state index contributed by atoms with van der Waals surface area (Å²) in [5, 5.41) is 3.47.